The van der Waals surface area contributed by atoms with Gasteiger partial charge in [-0.05, 0) is 23.8 Å². The van der Waals surface area contributed by atoms with Crippen LogP contribution in [-0.4, -0.2) is 15.7 Å². The lowest BCUT2D eigenvalue weighted by atomic mass is 9.96. The lowest BCUT2D eigenvalue weighted by molar-refractivity contribution is 0.0962. The van der Waals surface area contributed by atoms with Crippen molar-refractivity contribution >= 4 is 44.3 Å². The number of amides is 1. The van der Waals surface area contributed by atoms with Crippen LogP contribution < -0.4 is 5.32 Å². The highest BCUT2D eigenvalue weighted by atomic mass is 79.9. The van der Waals surface area contributed by atoms with Gasteiger partial charge in [0.1, 0.15) is 5.82 Å². The van der Waals surface area contributed by atoms with Gasteiger partial charge in [0.2, 0.25) is 0 Å². The number of carbonyl (C=O) groups excluding carboxylic acids is 1. The minimum Gasteiger partial charge on any atom is -0.341 e. The molecule has 0 aliphatic carbocycles. The van der Waals surface area contributed by atoms with E-state index in [-0.39, 0.29) is 10.9 Å². The standard InChI is InChI=1S/C16H10BrClFN3O/c1-22-6-9-12(21-22)5-10(17)14-13(9)16(23)20-15(14)8-3-2-7(19)4-11(8)18/h2-6,15H,1H3,(H,20,23). The lowest BCUT2D eigenvalue weighted by Gasteiger charge is -2.15. The molecule has 0 saturated carbocycles. The fourth-order valence-corrected chi connectivity index (χ4v) is 3.96. The van der Waals surface area contributed by atoms with Crippen molar-refractivity contribution in [3.8, 4) is 0 Å². The number of fused-ring (bicyclic) bond motifs is 3. The molecule has 0 spiro atoms. The maximum atomic E-state index is 13.3. The number of hydrogen-bond donors (Lipinski definition) is 1. The van der Waals surface area contributed by atoms with Crippen molar-refractivity contribution in [1.29, 1.82) is 0 Å². The topological polar surface area (TPSA) is 46.9 Å². The van der Waals surface area contributed by atoms with E-state index in [0.717, 1.165) is 20.9 Å². The highest BCUT2D eigenvalue weighted by Crippen LogP contribution is 2.41. The summed E-state index contributed by atoms with van der Waals surface area (Å²) in [6.07, 6.45) is 1.81. The number of halogens is 3. The van der Waals surface area contributed by atoms with Gasteiger partial charge in [-0.3, -0.25) is 9.48 Å². The summed E-state index contributed by atoms with van der Waals surface area (Å²) in [4.78, 5) is 12.5. The summed E-state index contributed by atoms with van der Waals surface area (Å²) in [6, 6.07) is 5.63. The molecule has 1 N–H and O–H groups in total. The van der Waals surface area contributed by atoms with Gasteiger partial charge >= 0.3 is 0 Å². The molecule has 0 saturated heterocycles. The second kappa shape index (κ2) is 5.04. The van der Waals surface area contributed by atoms with Crippen LogP contribution in [0.4, 0.5) is 4.39 Å². The largest absolute Gasteiger partial charge is 0.341 e. The minimum absolute atomic E-state index is 0.190. The monoisotopic (exact) mass is 393 g/mol. The zero-order chi connectivity index (χ0) is 16.3. The van der Waals surface area contributed by atoms with E-state index < -0.39 is 11.9 Å². The zero-order valence-corrected chi connectivity index (χ0v) is 14.2. The first-order chi connectivity index (χ1) is 11.0. The third-order valence-corrected chi connectivity index (χ3v) is 4.96. The molecule has 4 rings (SSSR count). The SMILES string of the molecule is Cn1cc2c3c(c(Br)cc2n1)C(c1ccc(F)cc1Cl)NC3=O. The number of benzene rings is 2. The normalized spacial score (nSPS) is 16.7. The van der Waals surface area contributed by atoms with E-state index in [4.69, 9.17) is 11.6 Å². The first-order valence-electron chi connectivity index (χ1n) is 6.87. The van der Waals surface area contributed by atoms with E-state index >= 15 is 0 Å². The average molecular weight is 395 g/mol. The second-order valence-electron chi connectivity index (χ2n) is 5.45. The molecule has 2 heterocycles. The Labute approximate surface area is 144 Å². The molecule has 4 nitrogen and oxygen atoms in total. The highest BCUT2D eigenvalue weighted by Gasteiger charge is 2.35. The van der Waals surface area contributed by atoms with Crippen molar-refractivity contribution in [3.63, 3.8) is 0 Å². The molecule has 2 aromatic carbocycles. The Morgan fingerprint density at radius 1 is 1.39 bits per heavy atom. The van der Waals surface area contributed by atoms with Crippen LogP contribution in [0.3, 0.4) is 0 Å². The third-order valence-electron chi connectivity index (χ3n) is 3.98. The van der Waals surface area contributed by atoms with Crippen molar-refractivity contribution in [2.45, 2.75) is 6.04 Å². The predicted octanol–water partition coefficient (Wildman–Crippen LogP) is 3.96. The Balaban J connectivity index is 1.99. The number of hydrogen-bond acceptors (Lipinski definition) is 2. The Hall–Kier alpha value is -1.92. The van der Waals surface area contributed by atoms with Crippen LogP contribution in [-0.2, 0) is 7.05 Å². The maximum absolute atomic E-state index is 13.3. The van der Waals surface area contributed by atoms with Crippen LogP contribution in [0.25, 0.3) is 10.9 Å². The Kier molecular flexibility index (Phi) is 3.21. The van der Waals surface area contributed by atoms with Crippen molar-refractivity contribution < 1.29 is 9.18 Å². The number of rotatable bonds is 1. The van der Waals surface area contributed by atoms with Crippen LogP contribution >= 0.6 is 27.5 Å². The fraction of sp³-hybridized carbons (Fsp3) is 0.125. The van der Waals surface area contributed by atoms with Gasteiger partial charge in [0.05, 0.1) is 17.1 Å². The molecule has 1 amide bonds. The molecule has 1 aromatic heterocycles. The second-order valence-corrected chi connectivity index (χ2v) is 6.72. The van der Waals surface area contributed by atoms with E-state index in [1.807, 2.05) is 19.3 Å². The number of carbonyl (C=O) groups is 1. The summed E-state index contributed by atoms with van der Waals surface area (Å²) in [5.74, 6) is -0.602. The van der Waals surface area contributed by atoms with E-state index in [1.165, 1.54) is 12.1 Å². The van der Waals surface area contributed by atoms with Crippen LogP contribution in [0.5, 0.6) is 0 Å². The Bertz CT molecular complexity index is 985. The lowest BCUT2D eigenvalue weighted by Crippen LogP contribution is -2.20. The number of aryl methyl sites for hydroxylation is 1. The van der Waals surface area contributed by atoms with E-state index in [2.05, 4.69) is 26.3 Å². The van der Waals surface area contributed by atoms with Gasteiger partial charge in [-0.25, -0.2) is 4.39 Å². The first-order valence-corrected chi connectivity index (χ1v) is 8.04. The molecule has 1 atom stereocenters. The number of nitrogens with zero attached hydrogens (tertiary/aromatic N) is 2. The van der Waals surface area contributed by atoms with Gasteiger partial charge in [-0.2, -0.15) is 5.10 Å². The van der Waals surface area contributed by atoms with Crippen molar-refractivity contribution in [2.24, 2.45) is 7.05 Å². The quantitative estimate of drug-likeness (QED) is 0.679. The fourth-order valence-electron chi connectivity index (χ4n) is 3.04. The highest BCUT2D eigenvalue weighted by molar-refractivity contribution is 9.10. The Morgan fingerprint density at radius 3 is 2.91 bits per heavy atom. The molecule has 3 aromatic rings. The van der Waals surface area contributed by atoms with Crippen LogP contribution in [0.1, 0.15) is 27.5 Å². The summed E-state index contributed by atoms with van der Waals surface area (Å²) >= 11 is 9.70. The van der Waals surface area contributed by atoms with Crippen LogP contribution in [0.15, 0.2) is 34.9 Å². The number of aromatic nitrogens is 2. The van der Waals surface area contributed by atoms with Crippen LogP contribution in [0, 0.1) is 5.82 Å². The molecule has 1 unspecified atom stereocenters. The molecule has 0 fully saturated rings. The first kappa shape index (κ1) is 14.7. The van der Waals surface area contributed by atoms with Crippen molar-refractivity contribution in [2.75, 3.05) is 0 Å². The van der Waals surface area contributed by atoms with E-state index in [1.54, 1.807) is 10.7 Å². The van der Waals surface area contributed by atoms with Gasteiger partial charge in [0, 0.05) is 33.7 Å². The van der Waals surface area contributed by atoms with Crippen molar-refractivity contribution in [3.05, 3.63) is 62.5 Å². The van der Waals surface area contributed by atoms with E-state index in [9.17, 15) is 9.18 Å². The molecule has 1 aliphatic rings. The number of nitrogens with one attached hydrogen (secondary N) is 1. The van der Waals surface area contributed by atoms with E-state index in [0.29, 0.717) is 11.1 Å². The van der Waals surface area contributed by atoms with Gasteiger partial charge < -0.3 is 5.32 Å². The molecule has 23 heavy (non-hydrogen) atoms. The summed E-state index contributed by atoms with van der Waals surface area (Å²) in [5, 5.41) is 8.33. The van der Waals surface area contributed by atoms with Crippen LogP contribution in [0.2, 0.25) is 5.02 Å². The molecule has 0 radical (unpaired) electrons. The molecule has 1 aliphatic heterocycles. The summed E-state index contributed by atoms with van der Waals surface area (Å²) in [5.41, 5.74) is 2.76. The van der Waals surface area contributed by atoms with Gasteiger partial charge in [-0.15, -0.1) is 0 Å². The molecular weight excluding hydrogens is 385 g/mol. The zero-order valence-electron chi connectivity index (χ0n) is 11.9. The summed E-state index contributed by atoms with van der Waals surface area (Å²) < 4.78 is 15.7. The van der Waals surface area contributed by atoms with Crippen molar-refractivity contribution in [1.82, 2.24) is 15.1 Å². The summed E-state index contributed by atoms with van der Waals surface area (Å²) in [7, 11) is 1.81. The smallest absolute Gasteiger partial charge is 0.253 e. The molecule has 0 bridgehead atoms. The average Bonchev–Trinajstić information content (AvgIpc) is 2.99. The third kappa shape index (κ3) is 2.16. The van der Waals surface area contributed by atoms with Gasteiger partial charge in [0.15, 0.2) is 0 Å². The molecular formula is C16H10BrClFN3O. The molecule has 116 valence electrons. The summed E-state index contributed by atoms with van der Waals surface area (Å²) in [6.45, 7) is 0. The Morgan fingerprint density at radius 2 is 2.17 bits per heavy atom. The predicted molar refractivity (Wildman–Crippen MR) is 89.1 cm³/mol. The van der Waals surface area contributed by atoms with Gasteiger partial charge in [0.25, 0.3) is 5.91 Å². The maximum Gasteiger partial charge on any atom is 0.253 e. The molecule has 7 heteroatoms. The van der Waals surface area contributed by atoms with Gasteiger partial charge in [-0.1, -0.05) is 33.6 Å². The minimum atomic E-state index is -0.426.